The number of likely N-dealkylation sites (N-methyl/N-ethyl adjacent to an activating group) is 1. The van der Waals surface area contributed by atoms with E-state index < -0.39 is 10.0 Å². The Bertz CT molecular complexity index is 490. The summed E-state index contributed by atoms with van der Waals surface area (Å²) < 4.78 is 26.5. The molecule has 9 heteroatoms. The molecule has 0 saturated heterocycles. The molecule has 0 bridgehead atoms. The maximum Gasteiger partial charge on any atom is 0.243 e. The minimum absolute atomic E-state index is 0.0232. The highest BCUT2D eigenvalue weighted by Gasteiger charge is 2.15. The van der Waals surface area contributed by atoms with E-state index in [2.05, 4.69) is 38.9 Å². The Hall–Kier alpha value is -1.29. The third kappa shape index (κ3) is 5.00. The van der Waals surface area contributed by atoms with E-state index in [-0.39, 0.29) is 10.8 Å². The van der Waals surface area contributed by atoms with Gasteiger partial charge in [0.25, 0.3) is 0 Å². The quantitative estimate of drug-likeness (QED) is 0.426. The summed E-state index contributed by atoms with van der Waals surface area (Å²) in [6.45, 7) is 7.03. The van der Waals surface area contributed by atoms with Crippen molar-refractivity contribution in [1.82, 2.24) is 19.6 Å². The standard InChI is InChI=1S/C11H22N6O2S/c1-3-6-17(4-2)7-5-15-20(18,19)10-8-13-11(16-12)14-9-10/h8-9,15H,3-7,12H2,1-2H3,(H,13,14,16). The number of nitrogens with one attached hydrogen (secondary N) is 2. The van der Waals surface area contributed by atoms with Crippen molar-refractivity contribution in [2.24, 2.45) is 5.84 Å². The van der Waals surface area contributed by atoms with Crippen molar-refractivity contribution < 1.29 is 8.42 Å². The number of nitrogen functional groups attached to an aromatic ring is 1. The molecule has 1 aromatic rings. The molecule has 0 amide bonds. The lowest BCUT2D eigenvalue weighted by Crippen LogP contribution is -2.35. The van der Waals surface area contributed by atoms with Gasteiger partial charge in [0.1, 0.15) is 4.90 Å². The number of hydrazine groups is 1. The van der Waals surface area contributed by atoms with E-state index in [9.17, 15) is 8.42 Å². The second kappa shape index (κ2) is 8.10. The van der Waals surface area contributed by atoms with Gasteiger partial charge in [-0.15, -0.1) is 0 Å². The third-order valence-corrected chi connectivity index (χ3v) is 4.19. The van der Waals surface area contributed by atoms with Crippen LogP contribution < -0.4 is 16.0 Å². The zero-order chi connectivity index (χ0) is 15.0. The van der Waals surface area contributed by atoms with Crippen molar-refractivity contribution in [3.63, 3.8) is 0 Å². The van der Waals surface area contributed by atoms with Gasteiger partial charge >= 0.3 is 0 Å². The van der Waals surface area contributed by atoms with E-state index in [1.807, 2.05) is 0 Å². The first-order valence-electron chi connectivity index (χ1n) is 6.54. The van der Waals surface area contributed by atoms with Gasteiger partial charge in [0.15, 0.2) is 0 Å². The van der Waals surface area contributed by atoms with Gasteiger partial charge in [-0.05, 0) is 19.5 Å². The molecule has 0 aliphatic heterocycles. The number of hydrogen-bond donors (Lipinski definition) is 3. The van der Waals surface area contributed by atoms with E-state index in [4.69, 9.17) is 5.84 Å². The van der Waals surface area contributed by atoms with E-state index in [0.717, 1.165) is 19.5 Å². The van der Waals surface area contributed by atoms with Gasteiger partial charge in [0.2, 0.25) is 16.0 Å². The predicted molar refractivity (Wildman–Crippen MR) is 77.4 cm³/mol. The lowest BCUT2D eigenvalue weighted by molar-refractivity contribution is 0.293. The number of anilines is 1. The predicted octanol–water partition coefficient (Wildman–Crippen LogP) is -0.228. The second-order valence-corrected chi connectivity index (χ2v) is 5.99. The summed E-state index contributed by atoms with van der Waals surface area (Å²) in [5.41, 5.74) is 2.24. The summed E-state index contributed by atoms with van der Waals surface area (Å²) in [6.07, 6.45) is 3.48. The maximum atomic E-state index is 12.0. The monoisotopic (exact) mass is 302 g/mol. The van der Waals surface area contributed by atoms with E-state index in [1.54, 1.807) is 0 Å². The third-order valence-electron chi connectivity index (χ3n) is 2.77. The number of rotatable bonds is 9. The first-order chi connectivity index (χ1) is 9.53. The minimum Gasteiger partial charge on any atom is -0.302 e. The molecule has 1 aromatic heterocycles. The Morgan fingerprint density at radius 3 is 2.40 bits per heavy atom. The molecular weight excluding hydrogens is 280 g/mol. The Morgan fingerprint density at radius 2 is 1.90 bits per heavy atom. The zero-order valence-corrected chi connectivity index (χ0v) is 12.7. The summed E-state index contributed by atoms with van der Waals surface area (Å²) in [4.78, 5) is 9.76. The SMILES string of the molecule is CCCN(CC)CCNS(=O)(=O)c1cnc(NN)nc1. The summed E-state index contributed by atoms with van der Waals surface area (Å²) >= 11 is 0. The largest absolute Gasteiger partial charge is 0.302 e. The van der Waals surface area contributed by atoms with Crippen LogP contribution in [0.5, 0.6) is 0 Å². The van der Waals surface area contributed by atoms with Crippen LogP contribution >= 0.6 is 0 Å². The molecule has 0 aromatic carbocycles. The fourth-order valence-corrected chi connectivity index (χ4v) is 2.60. The summed E-state index contributed by atoms with van der Waals surface area (Å²) in [5.74, 6) is 5.29. The van der Waals surface area contributed by atoms with Gasteiger partial charge in [0.05, 0.1) is 12.4 Å². The molecule has 114 valence electrons. The molecule has 0 radical (unpaired) electrons. The highest BCUT2D eigenvalue weighted by atomic mass is 32.2. The molecule has 1 heterocycles. The lowest BCUT2D eigenvalue weighted by Gasteiger charge is -2.19. The maximum absolute atomic E-state index is 12.0. The molecule has 8 nitrogen and oxygen atoms in total. The van der Waals surface area contributed by atoms with Crippen LogP contribution in [-0.4, -0.2) is 49.5 Å². The first-order valence-corrected chi connectivity index (χ1v) is 8.02. The van der Waals surface area contributed by atoms with Crippen LogP contribution in [0.3, 0.4) is 0 Å². The number of nitrogens with two attached hydrogens (primary N) is 1. The average Bonchev–Trinajstić information content (AvgIpc) is 2.46. The van der Waals surface area contributed by atoms with Crippen molar-refractivity contribution in [3.05, 3.63) is 12.4 Å². The van der Waals surface area contributed by atoms with Crippen LogP contribution in [0.1, 0.15) is 20.3 Å². The molecule has 20 heavy (non-hydrogen) atoms. The van der Waals surface area contributed by atoms with Crippen molar-refractivity contribution >= 4 is 16.0 Å². The van der Waals surface area contributed by atoms with Gasteiger partial charge in [-0.1, -0.05) is 13.8 Å². The molecule has 0 spiro atoms. The normalized spacial score (nSPS) is 11.8. The first kappa shape index (κ1) is 16.8. The van der Waals surface area contributed by atoms with Crippen molar-refractivity contribution in [3.8, 4) is 0 Å². The number of sulfonamides is 1. The molecule has 0 aliphatic rings. The van der Waals surface area contributed by atoms with Crippen LogP contribution in [0, 0.1) is 0 Å². The van der Waals surface area contributed by atoms with Crippen LogP contribution in [0.2, 0.25) is 0 Å². The minimum atomic E-state index is -3.57. The number of nitrogens with zero attached hydrogens (tertiary/aromatic N) is 3. The Balaban J connectivity index is 2.56. The summed E-state index contributed by atoms with van der Waals surface area (Å²) in [6, 6.07) is 0. The average molecular weight is 302 g/mol. The Morgan fingerprint density at radius 1 is 1.25 bits per heavy atom. The molecule has 0 fully saturated rings. The smallest absolute Gasteiger partial charge is 0.243 e. The van der Waals surface area contributed by atoms with Gasteiger partial charge in [-0.25, -0.2) is 29.0 Å². The van der Waals surface area contributed by atoms with Gasteiger partial charge in [-0.2, -0.15) is 0 Å². The van der Waals surface area contributed by atoms with Crippen molar-refractivity contribution in [2.45, 2.75) is 25.2 Å². The van der Waals surface area contributed by atoms with Gasteiger partial charge in [0, 0.05) is 13.1 Å². The lowest BCUT2D eigenvalue weighted by atomic mass is 10.4. The highest BCUT2D eigenvalue weighted by Crippen LogP contribution is 2.06. The molecular formula is C11H22N6O2S. The molecule has 0 aliphatic carbocycles. The highest BCUT2D eigenvalue weighted by molar-refractivity contribution is 7.89. The fraction of sp³-hybridized carbons (Fsp3) is 0.636. The van der Waals surface area contributed by atoms with Crippen LogP contribution in [-0.2, 0) is 10.0 Å². The Labute approximate surface area is 119 Å². The van der Waals surface area contributed by atoms with E-state index in [1.165, 1.54) is 12.4 Å². The molecule has 0 saturated carbocycles. The molecule has 4 N–H and O–H groups in total. The summed E-state index contributed by atoms with van der Waals surface area (Å²) in [7, 11) is -3.57. The summed E-state index contributed by atoms with van der Waals surface area (Å²) in [5, 5.41) is 0. The number of hydrogen-bond acceptors (Lipinski definition) is 7. The molecule has 1 rings (SSSR count). The number of aromatic nitrogens is 2. The zero-order valence-electron chi connectivity index (χ0n) is 11.8. The van der Waals surface area contributed by atoms with Crippen molar-refractivity contribution in [2.75, 3.05) is 31.6 Å². The van der Waals surface area contributed by atoms with E-state index >= 15 is 0 Å². The van der Waals surface area contributed by atoms with Gasteiger partial charge in [-0.3, -0.25) is 5.43 Å². The fourth-order valence-electron chi connectivity index (χ4n) is 1.70. The van der Waals surface area contributed by atoms with Crippen LogP contribution in [0.15, 0.2) is 17.3 Å². The van der Waals surface area contributed by atoms with Crippen molar-refractivity contribution in [1.29, 1.82) is 0 Å². The van der Waals surface area contributed by atoms with Crippen LogP contribution in [0.25, 0.3) is 0 Å². The second-order valence-electron chi connectivity index (χ2n) is 4.22. The molecule has 0 atom stereocenters. The topological polar surface area (TPSA) is 113 Å². The van der Waals surface area contributed by atoms with E-state index in [0.29, 0.717) is 13.1 Å². The van der Waals surface area contributed by atoms with Crippen LogP contribution in [0.4, 0.5) is 5.95 Å². The van der Waals surface area contributed by atoms with Gasteiger partial charge < -0.3 is 4.90 Å². The molecule has 0 unspecified atom stereocenters. The Kier molecular flexibility index (Phi) is 6.79.